The first-order valence-corrected chi connectivity index (χ1v) is 9.92. The standard InChI is InChI=1S/C21H20F3N3O4/c1-20(6-7-20)15(21(22,23)24)9-25-17(29)11-2-3-13-12(8-11)10-27(19(13)31)14-4-5-16(28)26-18(14)30/h2-3,8-9,14-15H,4-7,10H2,1H3,(H,26,28,30)/b25-9+. The summed E-state index contributed by atoms with van der Waals surface area (Å²) in [6.45, 7) is 1.58. The molecular formula is C21H20F3N3O4. The van der Waals surface area contributed by atoms with Crippen molar-refractivity contribution in [2.24, 2.45) is 16.3 Å². The molecule has 31 heavy (non-hydrogen) atoms. The third-order valence-corrected chi connectivity index (χ3v) is 6.25. The highest BCUT2D eigenvalue weighted by Crippen LogP contribution is 2.55. The Kier molecular flexibility index (Phi) is 4.98. The Morgan fingerprint density at radius 3 is 2.61 bits per heavy atom. The van der Waals surface area contributed by atoms with E-state index in [2.05, 4.69) is 10.3 Å². The number of imide groups is 1. The molecule has 164 valence electrons. The van der Waals surface area contributed by atoms with Crippen LogP contribution in [-0.2, 0) is 16.1 Å². The highest BCUT2D eigenvalue weighted by atomic mass is 19.4. The first-order chi connectivity index (χ1) is 14.5. The van der Waals surface area contributed by atoms with Crippen LogP contribution in [0, 0.1) is 11.3 Å². The monoisotopic (exact) mass is 435 g/mol. The third kappa shape index (κ3) is 3.98. The normalized spacial score (nSPS) is 23.7. The maximum Gasteiger partial charge on any atom is 0.397 e. The SMILES string of the molecule is CC1(C(/C=N/C(=O)c2ccc3c(c2)CN(C2CCC(=O)NC2=O)C3=O)C(F)(F)F)CC1. The van der Waals surface area contributed by atoms with Crippen LogP contribution >= 0.6 is 0 Å². The molecule has 4 rings (SSSR count). The maximum atomic E-state index is 13.3. The van der Waals surface area contributed by atoms with Gasteiger partial charge in [-0.2, -0.15) is 13.2 Å². The van der Waals surface area contributed by atoms with E-state index < -0.39 is 47.2 Å². The van der Waals surface area contributed by atoms with Gasteiger partial charge in [-0.05, 0) is 48.4 Å². The zero-order chi connectivity index (χ0) is 22.6. The largest absolute Gasteiger partial charge is 0.397 e. The van der Waals surface area contributed by atoms with E-state index in [4.69, 9.17) is 0 Å². The fraction of sp³-hybridized carbons (Fsp3) is 0.476. The lowest BCUT2D eigenvalue weighted by molar-refractivity contribution is -0.168. The van der Waals surface area contributed by atoms with Gasteiger partial charge in [0.1, 0.15) is 6.04 Å². The number of piperidine rings is 1. The van der Waals surface area contributed by atoms with E-state index in [1.165, 1.54) is 30.0 Å². The minimum Gasteiger partial charge on any atom is -0.322 e. The number of amides is 4. The van der Waals surface area contributed by atoms with Crippen LogP contribution in [0.3, 0.4) is 0 Å². The predicted molar refractivity (Wildman–Crippen MR) is 102 cm³/mol. The molecule has 10 heteroatoms. The van der Waals surface area contributed by atoms with Crippen molar-refractivity contribution in [3.8, 4) is 0 Å². The molecular weight excluding hydrogens is 415 g/mol. The van der Waals surface area contributed by atoms with Crippen molar-refractivity contribution in [2.45, 2.75) is 51.4 Å². The van der Waals surface area contributed by atoms with Gasteiger partial charge in [-0.3, -0.25) is 24.5 Å². The number of halogens is 3. The number of alkyl halides is 3. The fourth-order valence-electron chi connectivity index (χ4n) is 4.09. The van der Waals surface area contributed by atoms with Gasteiger partial charge in [0.15, 0.2) is 0 Å². The molecule has 2 fully saturated rings. The molecule has 1 aromatic carbocycles. The van der Waals surface area contributed by atoms with Crippen LogP contribution in [0.1, 0.15) is 58.9 Å². The zero-order valence-electron chi connectivity index (χ0n) is 16.7. The number of carbonyl (C=O) groups excluding carboxylic acids is 4. The van der Waals surface area contributed by atoms with Crippen molar-refractivity contribution in [3.63, 3.8) is 0 Å². The van der Waals surface area contributed by atoms with E-state index in [0.29, 0.717) is 30.2 Å². The third-order valence-electron chi connectivity index (χ3n) is 6.25. The fourth-order valence-corrected chi connectivity index (χ4v) is 4.09. The summed E-state index contributed by atoms with van der Waals surface area (Å²) < 4.78 is 39.9. The second kappa shape index (κ2) is 7.28. The summed E-state index contributed by atoms with van der Waals surface area (Å²) >= 11 is 0. The van der Waals surface area contributed by atoms with Crippen molar-refractivity contribution in [1.82, 2.24) is 10.2 Å². The van der Waals surface area contributed by atoms with Crippen LogP contribution in [0.2, 0.25) is 0 Å². The number of fused-ring (bicyclic) bond motifs is 1. The predicted octanol–water partition coefficient (Wildman–Crippen LogP) is 2.64. The summed E-state index contributed by atoms with van der Waals surface area (Å²) in [4.78, 5) is 53.4. The lowest BCUT2D eigenvalue weighted by Gasteiger charge is -2.29. The molecule has 2 aliphatic heterocycles. The van der Waals surface area contributed by atoms with Gasteiger partial charge in [-0.1, -0.05) is 6.92 Å². The van der Waals surface area contributed by atoms with Gasteiger partial charge in [0, 0.05) is 30.3 Å². The number of hydrogen-bond donors (Lipinski definition) is 1. The van der Waals surface area contributed by atoms with E-state index in [1.807, 2.05) is 0 Å². The molecule has 0 bridgehead atoms. The molecule has 0 spiro atoms. The number of carbonyl (C=O) groups is 4. The second-order valence-electron chi connectivity index (χ2n) is 8.53. The van der Waals surface area contributed by atoms with E-state index in [1.54, 1.807) is 0 Å². The van der Waals surface area contributed by atoms with Crippen molar-refractivity contribution in [3.05, 3.63) is 34.9 Å². The summed E-state index contributed by atoms with van der Waals surface area (Å²) in [6.07, 6.45) is -2.62. The first-order valence-electron chi connectivity index (χ1n) is 9.92. The Labute approximate surface area is 175 Å². The van der Waals surface area contributed by atoms with Gasteiger partial charge in [0.2, 0.25) is 11.8 Å². The van der Waals surface area contributed by atoms with Gasteiger partial charge < -0.3 is 4.90 Å². The molecule has 2 atom stereocenters. The minimum atomic E-state index is -4.48. The van der Waals surface area contributed by atoms with Crippen LogP contribution in [0.5, 0.6) is 0 Å². The molecule has 2 unspecified atom stereocenters. The quantitative estimate of drug-likeness (QED) is 0.581. The summed E-state index contributed by atoms with van der Waals surface area (Å²) in [5.74, 6) is -3.96. The summed E-state index contributed by atoms with van der Waals surface area (Å²) in [6, 6.07) is 3.38. The topological polar surface area (TPSA) is 95.9 Å². The smallest absolute Gasteiger partial charge is 0.322 e. The summed E-state index contributed by atoms with van der Waals surface area (Å²) in [5.41, 5.74) is -0.0644. The Balaban J connectivity index is 1.51. The number of nitrogens with zero attached hydrogens (tertiary/aromatic N) is 2. The molecule has 1 aromatic rings. The molecule has 7 nitrogen and oxygen atoms in total. The molecule has 0 radical (unpaired) electrons. The average molecular weight is 435 g/mol. The maximum absolute atomic E-state index is 13.3. The van der Waals surface area contributed by atoms with Crippen LogP contribution in [0.25, 0.3) is 0 Å². The van der Waals surface area contributed by atoms with Crippen molar-refractivity contribution >= 4 is 29.8 Å². The zero-order valence-corrected chi connectivity index (χ0v) is 16.7. The number of hydrogen-bond acceptors (Lipinski definition) is 4. The number of benzene rings is 1. The van der Waals surface area contributed by atoms with Gasteiger partial charge in [-0.25, -0.2) is 4.99 Å². The highest BCUT2D eigenvalue weighted by Gasteiger charge is 2.56. The van der Waals surface area contributed by atoms with Gasteiger partial charge >= 0.3 is 6.18 Å². The molecule has 1 aliphatic carbocycles. The van der Waals surface area contributed by atoms with Crippen LogP contribution in [0.4, 0.5) is 13.2 Å². The van der Waals surface area contributed by atoms with E-state index >= 15 is 0 Å². The van der Waals surface area contributed by atoms with Crippen molar-refractivity contribution < 1.29 is 32.3 Å². The second-order valence-corrected chi connectivity index (χ2v) is 8.53. The number of aliphatic imine (C=N–C) groups is 1. The van der Waals surface area contributed by atoms with Crippen LogP contribution < -0.4 is 5.32 Å². The molecule has 2 heterocycles. The molecule has 3 aliphatic rings. The number of nitrogens with one attached hydrogen (secondary N) is 1. The van der Waals surface area contributed by atoms with E-state index in [9.17, 15) is 32.3 Å². The lowest BCUT2D eigenvalue weighted by Crippen LogP contribution is -2.52. The van der Waals surface area contributed by atoms with Gasteiger partial charge in [-0.15, -0.1) is 0 Å². The Bertz CT molecular complexity index is 1010. The average Bonchev–Trinajstić information content (AvgIpc) is 3.33. The molecule has 1 saturated carbocycles. The highest BCUT2D eigenvalue weighted by molar-refractivity contribution is 6.06. The summed E-state index contributed by atoms with van der Waals surface area (Å²) in [7, 11) is 0. The first kappa shape index (κ1) is 21.2. The Hall–Kier alpha value is -3.04. The molecule has 0 aromatic heterocycles. The van der Waals surface area contributed by atoms with E-state index in [0.717, 1.165) is 0 Å². The van der Waals surface area contributed by atoms with Crippen molar-refractivity contribution in [1.29, 1.82) is 0 Å². The van der Waals surface area contributed by atoms with Crippen LogP contribution in [-0.4, -0.2) is 47.0 Å². The van der Waals surface area contributed by atoms with Gasteiger partial charge in [0.05, 0.1) is 5.92 Å². The molecule has 1 saturated heterocycles. The van der Waals surface area contributed by atoms with Gasteiger partial charge in [0.25, 0.3) is 11.8 Å². The Morgan fingerprint density at radius 2 is 2.00 bits per heavy atom. The van der Waals surface area contributed by atoms with E-state index in [-0.39, 0.29) is 24.9 Å². The molecule has 1 N–H and O–H groups in total. The minimum absolute atomic E-state index is 0.0640. The molecule has 4 amide bonds. The Morgan fingerprint density at radius 1 is 1.29 bits per heavy atom. The lowest BCUT2D eigenvalue weighted by atomic mass is 9.91. The van der Waals surface area contributed by atoms with Crippen LogP contribution in [0.15, 0.2) is 23.2 Å². The summed E-state index contributed by atoms with van der Waals surface area (Å²) in [5, 5.41) is 2.20. The number of rotatable bonds is 4. The van der Waals surface area contributed by atoms with Crippen molar-refractivity contribution in [2.75, 3.05) is 0 Å².